The zero-order valence-corrected chi connectivity index (χ0v) is 50.6. The van der Waals surface area contributed by atoms with Crippen molar-refractivity contribution in [3.63, 3.8) is 0 Å². The highest BCUT2D eigenvalue weighted by atomic mass is 28.3. The van der Waals surface area contributed by atoms with E-state index >= 15 is 0 Å². The van der Waals surface area contributed by atoms with Gasteiger partial charge in [0.1, 0.15) is 0 Å². The van der Waals surface area contributed by atoms with E-state index in [0.29, 0.717) is 23.7 Å². The Kier molecular flexibility index (Phi) is 14.7. The highest BCUT2D eigenvalue weighted by Gasteiger charge is 2.37. The Balaban J connectivity index is 1.47. The number of rotatable bonds is 14. The highest BCUT2D eigenvalue weighted by Crippen LogP contribution is 2.52. The molecule has 0 spiro atoms. The Morgan fingerprint density at radius 2 is 0.754 bits per heavy atom. The molecule has 0 N–H and O–H groups in total. The molecule has 65 heavy (non-hydrogen) atoms. The summed E-state index contributed by atoms with van der Waals surface area (Å²) in [6.07, 6.45) is 7.77. The van der Waals surface area contributed by atoms with Gasteiger partial charge in [0.15, 0.2) is 0 Å². The molecule has 2 aliphatic rings. The summed E-state index contributed by atoms with van der Waals surface area (Å²) in [6.45, 7) is 54.8. The third-order valence-electron chi connectivity index (χ3n) is 15.3. The van der Waals surface area contributed by atoms with Crippen LogP contribution in [-0.4, -0.2) is 41.8 Å². The number of benzene rings is 4. The van der Waals surface area contributed by atoms with Crippen LogP contribution in [0.4, 0.5) is 0 Å². The van der Waals surface area contributed by atoms with E-state index in [1.807, 2.05) is 0 Å². The van der Waals surface area contributed by atoms with Crippen LogP contribution in [0.3, 0.4) is 0 Å². The summed E-state index contributed by atoms with van der Waals surface area (Å²) in [5.41, 5.74) is 18.6. The van der Waals surface area contributed by atoms with Gasteiger partial charge in [-0.25, -0.2) is 0 Å². The van der Waals surface area contributed by atoms with Crippen LogP contribution in [-0.2, 0) is 10.8 Å². The van der Waals surface area contributed by atoms with E-state index in [9.17, 15) is 0 Å². The average Bonchev–Trinajstić information content (AvgIpc) is 3.75. The predicted molar refractivity (Wildman–Crippen MR) is 309 cm³/mol. The molecule has 0 heterocycles. The standard InChI is InChI=1S/C60H90Si5/c1-23-39(3)49-35-51-47(25-27-55(59(5,6)7)57(51)41-29-43(62(11,12)13)33-44(30-41)63(14,15)16)53(49)37-61-38-54-48-26-28-56(60(8,9)10)58(52(48)36-50(54)40(4)24-2)42-31-45(64(17,18)19)34-46(32-42)65(20,21)22/h25-36,39-40,53-54H,23-24,37-38H2,1-22H3. The zero-order valence-electron chi connectivity index (χ0n) is 45.6. The quantitative estimate of drug-likeness (QED) is 0.111. The molecule has 4 unspecified atom stereocenters. The first-order chi connectivity index (χ1) is 29.8. The van der Waals surface area contributed by atoms with Gasteiger partial charge in [-0.1, -0.05) is 265 Å². The Bertz CT molecular complexity index is 2230. The molecule has 4 atom stereocenters. The summed E-state index contributed by atoms with van der Waals surface area (Å²) in [5, 5.41) is 6.42. The van der Waals surface area contributed by atoms with Gasteiger partial charge in [-0.3, -0.25) is 0 Å². The number of hydrogen-bond acceptors (Lipinski definition) is 0. The number of hydrogen-bond donors (Lipinski definition) is 0. The van der Waals surface area contributed by atoms with Crippen molar-refractivity contribution < 1.29 is 0 Å². The highest BCUT2D eigenvalue weighted by molar-refractivity contribution is 6.92. The zero-order chi connectivity index (χ0) is 48.6. The Hall–Kier alpha value is -2.56. The second-order valence-corrected chi connectivity index (χ2v) is 48.4. The lowest BCUT2D eigenvalue weighted by molar-refractivity contribution is 0.591. The second kappa shape index (κ2) is 18.4. The lowest BCUT2D eigenvalue weighted by Gasteiger charge is -2.29. The van der Waals surface area contributed by atoms with Gasteiger partial charge < -0.3 is 0 Å². The van der Waals surface area contributed by atoms with E-state index in [4.69, 9.17) is 0 Å². The molecule has 0 aliphatic heterocycles. The van der Waals surface area contributed by atoms with E-state index in [1.54, 1.807) is 43.0 Å². The molecule has 0 aromatic heterocycles. The first kappa shape index (κ1) is 51.8. The lowest BCUT2D eigenvalue weighted by Crippen LogP contribution is -2.45. The first-order valence-electron chi connectivity index (χ1n) is 25.6. The summed E-state index contributed by atoms with van der Waals surface area (Å²) in [6, 6.07) is 28.4. The van der Waals surface area contributed by atoms with Crippen LogP contribution in [0.25, 0.3) is 34.4 Å². The molecular weight excluding hydrogens is 861 g/mol. The topological polar surface area (TPSA) is 0 Å². The van der Waals surface area contributed by atoms with Gasteiger partial charge in [0.05, 0.1) is 32.3 Å². The maximum absolute atomic E-state index is 2.71. The van der Waals surface area contributed by atoms with E-state index in [-0.39, 0.29) is 10.8 Å². The van der Waals surface area contributed by atoms with Crippen molar-refractivity contribution in [1.29, 1.82) is 0 Å². The van der Waals surface area contributed by atoms with Crippen molar-refractivity contribution in [2.24, 2.45) is 11.8 Å². The van der Waals surface area contributed by atoms with Crippen molar-refractivity contribution in [2.75, 3.05) is 0 Å². The van der Waals surface area contributed by atoms with Crippen LogP contribution in [0.1, 0.15) is 127 Å². The predicted octanol–water partition coefficient (Wildman–Crippen LogP) is 16.1. The largest absolute Gasteiger partial charge is 0.0776 e. The smallest absolute Gasteiger partial charge is 0.0656 e. The molecule has 0 saturated carbocycles. The molecule has 5 heteroatoms. The molecule has 0 bridgehead atoms. The van der Waals surface area contributed by atoms with Crippen LogP contribution >= 0.6 is 0 Å². The summed E-state index contributed by atoms with van der Waals surface area (Å²) >= 11 is 0. The van der Waals surface area contributed by atoms with E-state index in [1.165, 1.54) is 69.4 Å². The fraction of sp³-hybridized carbons (Fsp3) is 0.533. The molecule has 4 aromatic rings. The van der Waals surface area contributed by atoms with Gasteiger partial charge in [-0.2, -0.15) is 0 Å². The van der Waals surface area contributed by atoms with Crippen molar-refractivity contribution in [1.82, 2.24) is 0 Å². The lowest BCUT2D eigenvalue weighted by atomic mass is 9.78. The molecule has 4 aromatic carbocycles. The van der Waals surface area contributed by atoms with Crippen molar-refractivity contribution in [2.45, 2.75) is 195 Å². The minimum Gasteiger partial charge on any atom is -0.0656 e. The monoisotopic (exact) mass is 951 g/mol. The molecule has 6 rings (SSSR count). The summed E-state index contributed by atoms with van der Waals surface area (Å²) < 4.78 is 0. The maximum Gasteiger partial charge on any atom is 0.0776 e. The molecule has 2 aliphatic carbocycles. The molecule has 0 nitrogen and oxygen atoms in total. The first-order valence-corrected chi connectivity index (χ1v) is 41.0. The SMILES string of the molecule is CCC(C)C1=Cc2c(ccc(C(C)(C)C)c2-c2cc([Si](C)(C)C)cc([Si](C)(C)C)c2)C1C[Si]CC1C(C(C)CC)=Cc2c1ccc(C(C)(C)C)c2-c1cc([Si](C)(C)C)cc([Si](C)(C)C)c1. The van der Waals surface area contributed by atoms with E-state index in [2.05, 4.69) is 221 Å². The average molecular weight is 952 g/mol. The third-order valence-corrected chi connectivity index (χ3v) is 24.8. The van der Waals surface area contributed by atoms with Crippen LogP contribution in [0.2, 0.25) is 90.7 Å². The van der Waals surface area contributed by atoms with Crippen LogP contribution in [0.15, 0.2) is 71.8 Å². The van der Waals surface area contributed by atoms with Crippen LogP contribution in [0, 0.1) is 11.8 Å². The van der Waals surface area contributed by atoms with Crippen molar-refractivity contribution in [3.05, 3.63) is 105 Å². The minimum atomic E-state index is -1.57. The molecule has 2 radical (unpaired) electrons. The van der Waals surface area contributed by atoms with Crippen LogP contribution in [0.5, 0.6) is 0 Å². The summed E-state index contributed by atoms with van der Waals surface area (Å²) in [7, 11) is -5.39. The molecular formula is C60H90Si5. The van der Waals surface area contributed by atoms with Gasteiger partial charge in [0, 0.05) is 21.4 Å². The molecule has 0 saturated heterocycles. The molecule has 0 amide bonds. The number of allylic oxidation sites excluding steroid dienone is 2. The van der Waals surface area contributed by atoms with E-state index in [0.717, 1.165) is 9.52 Å². The molecule has 350 valence electrons. The minimum absolute atomic E-state index is 0.0373. The maximum atomic E-state index is 2.71. The number of fused-ring (bicyclic) bond motifs is 2. The summed E-state index contributed by atoms with van der Waals surface area (Å²) in [4.78, 5) is 0. The van der Waals surface area contributed by atoms with Crippen molar-refractivity contribution in [3.8, 4) is 22.3 Å². The Morgan fingerprint density at radius 1 is 0.462 bits per heavy atom. The van der Waals surface area contributed by atoms with Gasteiger partial charge in [0.2, 0.25) is 0 Å². The van der Waals surface area contributed by atoms with Crippen molar-refractivity contribution >= 4 is 74.7 Å². The van der Waals surface area contributed by atoms with E-state index < -0.39 is 32.3 Å². The Labute approximate surface area is 406 Å². The normalized spacial score (nSPS) is 18.1. The summed E-state index contributed by atoms with van der Waals surface area (Å²) in [5.74, 6) is 2.07. The molecule has 0 fully saturated rings. The third kappa shape index (κ3) is 10.9. The van der Waals surface area contributed by atoms with Crippen LogP contribution < -0.4 is 20.7 Å². The second-order valence-electron chi connectivity index (χ2n) is 26.8. The van der Waals surface area contributed by atoms with Gasteiger partial charge in [-0.05, 0) is 91.1 Å². The van der Waals surface area contributed by atoms with Gasteiger partial charge >= 0.3 is 0 Å². The fourth-order valence-corrected chi connectivity index (χ4v) is 17.2. The van der Waals surface area contributed by atoms with Gasteiger partial charge in [-0.15, -0.1) is 0 Å². The van der Waals surface area contributed by atoms with Gasteiger partial charge in [0.25, 0.3) is 0 Å². The fourth-order valence-electron chi connectivity index (χ4n) is 10.5. The Morgan fingerprint density at radius 3 is 1.00 bits per heavy atom.